The van der Waals surface area contributed by atoms with Gasteiger partial charge in [-0.15, -0.1) is 6.58 Å². The first-order valence-corrected chi connectivity index (χ1v) is 7.03. The summed E-state index contributed by atoms with van der Waals surface area (Å²) in [5.41, 5.74) is 2.24. The van der Waals surface area contributed by atoms with Gasteiger partial charge in [0.25, 0.3) is 0 Å². The molecular weight excluding hydrogens is 152 g/mol. The second kappa shape index (κ2) is 3.54. The lowest BCUT2D eigenvalue weighted by Crippen LogP contribution is -2.32. The van der Waals surface area contributed by atoms with Crippen LogP contribution in [0, 0.1) is 5.41 Å². The lowest BCUT2D eigenvalue weighted by atomic mass is 9.99. The van der Waals surface area contributed by atoms with Gasteiger partial charge < -0.3 is 4.43 Å². The van der Waals surface area contributed by atoms with E-state index in [0.29, 0.717) is 0 Å². The smallest absolute Gasteiger partial charge is 0.210 e. The zero-order valence-electron chi connectivity index (χ0n) is 8.40. The van der Waals surface area contributed by atoms with Crippen LogP contribution in [0.15, 0.2) is 12.3 Å². The van der Waals surface area contributed by atoms with Gasteiger partial charge in [0.05, 0.1) is 0 Å². The molecule has 0 heterocycles. The van der Waals surface area contributed by atoms with E-state index >= 15 is 0 Å². The molecule has 0 atom stereocenters. The van der Waals surface area contributed by atoms with Crippen molar-refractivity contribution in [2.24, 2.45) is 5.41 Å². The van der Waals surface area contributed by atoms with Crippen molar-refractivity contribution < 1.29 is 4.43 Å². The third-order valence-electron chi connectivity index (χ3n) is 1.37. The van der Waals surface area contributed by atoms with Crippen molar-refractivity contribution in [3.05, 3.63) is 12.3 Å². The molecule has 1 nitrogen and oxygen atoms in total. The maximum Gasteiger partial charge on any atom is 0.210 e. The first kappa shape index (κ1) is 10.9. The quantitative estimate of drug-likeness (QED) is 0.595. The van der Waals surface area contributed by atoms with Crippen LogP contribution in [0.25, 0.3) is 0 Å². The molecule has 0 aromatic carbocycles. The highest BCUT2D eigenvalue weighted by molar-refractivity contribution is 6.76. The Bertz CT molecular complexity index is 133. The summed E-state index contributed by atoms with van der Waals surface area (Å²) in [6.45, 7) is 15.5. The first-order valence-electron chi connectivity index (χ1n) is 4.04. The topological polar surface area (TPSA) is 9.23 Å². The molecular formula is C9H20OSi. The van der Waals surface area contributed by atoms with Crippen LogP contribution in [0.4, 0.5) is 0 Å². The highest BCUT2D eigenvalue weighted by Crippen LogP contribution is 2.16. The fraction of sp³-hybridized carbons (Fsp3) is 0.778. The maximum atomic E-state index is 5.76. The van der Waals surface area contributed by atoms with Gasteiger partial charge in [-0.05, 0) is 18.5 Å². The van der Waals surface area contributed by atoms with E-state index in [1.807, 2.05) is 5.70 Å². The van der Waals surface area contributed by atoms with E-state index < -0.39 is 8.32 Å². The highest BCUT2D eigenvalue weighted by Gasteiger charge is 2.20. The van der Waals surface area contributed by atoms with Crippen LogP contribution in [-0.4, -0.2) is 14.9 Å². The third kappa shape index (κ3) is 6.32. The molecule has 0 spiro atoms. The molecule has 0 saturated heterocycles. The molecule has 2 heteroatoms. The average Bonchev–Trinajstić information content (AvgIpc) is 1.83. The van der Waals surface area contributed by atoms with Crippen molar-refractivity contribution in [3.8, 4) is 0 Å². The number of rotatable bonds is 3. The van der Waals surface area contributed by atoms with Gasteiger partial charge in [-0.3, -0.25) is 0 Å². The molecule has 0 radical (unpaired) electrons. The zero-order chi connectivity index (χ0) is 9.12. The normalized spacial score (nSPS) is 13.2. The molecule has 0 N–H and O–H groups in total. The van der Waals surface area contributed by atoms with Crippen molar-refractivity contribution in [1.29, 1.82) is 0 Å². The van der Waals surface area contributed by atoms with Gasteiger partial charge in [0.1, 0.15) is 0 Å². The Morgan fingerprint density at radius 1 is 1.36 bits per heavy atom. The summed E-state index contributed by atoms with van der Waals surface area (Å²) in [5, 5.41) is 0. The number of hydrogen-bond acceptors (Lipinski definition) is 1. The molecule has 0 bridgehead atoms. The van der Waals surface area contributed by atoms with Crippen molar-refractivity contribution >= 4 is 8.32 Å². The fourth-order valence-electron chi connectivity index (χ4n) is 0.461. The van der Waals surface area contributed by atoms with E-state index in [1.54, 1.807) is 0 Å². The largest absolute Gasteiger partial charge is 0.413 e. The van der Waals surface area contributed by atoms with E-state index in [1.165, 1.54) is 0 Å². The molecule has 0 aliphatic rings. The monoisotopic (exact) mass is 172 g/mol. The molecule has 0 unspecified atom stereocenters. The van der Waals surface area contributed by atoms with Gasteiger partial charge in [0.15, 0.2) is 0 Å². The second-order valence-electron chi connectivity index (χ2n) is 4.66. The Morgan fingerprint density at radius 2 is 1.82 bits per heavy atom. The molecule has 66 valence electrons. The minimum absolute atomic E-state index is 0.271. The van der Waals surface area contributed by atoms with Crippen LogP contribution in [0.2, 0.25) is 13.1 Å². The van der Waals surface area contributed by atoms with Gasteiger partial charge in [0.2, 0.25) is 8.32 Å². The van der Waals surface area contributed by atoms with Gasteiger partial charge in [-0.25, -0.2) is 0 Å². The summed E-state index contributed by atoms with van der Waals surface area (Å²) in [4.78, 5) is 0. The van der Waals surface area contributed by atoms with E-state index in [2.05, 4.69) is 40.4 Å². The Labute approximate surface area is 71.6 Å². The van der Waals surface area contributed by atoms with Crippen molar-refractivity contribution in [1.82, 2.24) is 0 Å². The second-order valence-corrected chi connectivity index (χ2v) is 8.56. The van der Waals surface area contributed by atoms with Gasteiger partial charge in [0, 0.05) is 6.61 Å². The molecule has 0 aliphatic heterocycles. The predicted octanol–water partition coefficient (Wildman–Crippen LogP) is 2.98. The van der Waals surface area contributed by atoms with Crippen molar-refractivity contribution in [3.63, 3.8) is 0 Å². The van der Waals surface area contributed by atoms with E-state index in [-0.39, 0.29) is 5.41 Å². The summed E-state index contributed by atoms with van der Waals surface area (Å²) in [6.07, 6.45) is 0. The summed E-state index contributed by atoms with van der Waals surface area (Å²) in [6, 6.07) is 0. The molecule has 0 aromatic heterocycles. The molecule has 0 amide bonds. The van der Waals surface area contributed by atoms with Gasteiger partial charge >= 0.3 is 0 Å². The minimum Gasteiger partial charge on any atom is -0.413 e. The fourth-order valence-corrected chi connectivity index (χ4v) is 1.38. The van der Waals surface area contributed by atoms with E-state index in [4.69, 9.17) is 4.43 Å². The molecule has 0 fully saturated rings. The minimum atomic E-state index is -1.52. The van der Waals surface area contributed by atoms with Crippen LogP contribution in [-0.2, 0) is 4.43 Å². The van der Waals surface area contributed by atoms with Crippen LogP contribution >= 0.6 is 0 Å². The Kier molecular flexibility index (Phi) is 3.52. The van der Waals surface area contributed by atoms with Crippen LogP contribution in [0.1, 0.15) is 20.8 Å². The van der Waals surface area contributed by atoms with E-state index in [0.717, 1.165) is 6.61 Å². The third-order valence-corrected chi connectivity index (χ3v) is 3.24. The van der Waals surface area contributed by atoms with Crippen molar-refractivity contribution in [2.75, 3.05) is 6.61 Å². The summed E-state index contributed by atoms with van der Waals surface area (Å²) in [7, 11) is -1.52. The van der Waals surface area contributed by atoms with Gasteiger partial charge in [-0.1, -0.05) is 26.5 Å². The predicted molar refractivity (Wildman–Crippen MR) is 53.1 cm³/mol. The number of hydrogen-bond donors (Lipinski definition) is 0. The van der Waals surface area contributed by atoms with Crippen LogP contribution < -0.4 is 0 Å². The Hall–Kier alpha value is -0.0831. The summed E-state index contributed by atoms with van der Waals surface area (Å²) in [5.74, 6) is 0. The maximum absolute atomic E-state index is 5.76. The molecule has 11 heavy (non-hydrogen) atoms. The van der Waals surface area contributed by atoms with Crippen LogP contribution in [0.3, 0.4) is 0 Å². The highest BCUT2D eigenvalue weighted by atomic mass is 28.4. The van der Waals surface area contributed by atoms with Gasteiger partial charge in [-0.2, -0.15) is 0 Å². The lowest BCUT2D eigenvalue weighted by molar-refractivity contribution is 0.194. The molecule has 0 saturated carbocycles. The summed E-state index contributed by atoms with van der Waals surface area (Å²) < 4.78 is 5.76. The average molecular weight is 172 g/mol. The SMILES string of the molecule is C=C[Si](C)(C)OCC(C)(C)C. The molecule has 0 aliphatic carbocycles. The molecule has 0 aromatic rings. The van der Waals surface area contributed by atoms with E-state index in [9.17, 15) is 0 Å². The standard InChI is InChI=1S/C9H20OSi/c1-7-11(5,6)10-8-9(2,3)4/h7H,1,8H2,2-6H3. The Balaban J connectivity index is 3.79. The van der Waals surface area contributed by atoms with Crippen LogP contribution in [0.5, 0.6) is 0 Å². The lowest BCUT2D eigenvalue weighted by Gasteiger charge is -2.25. The van der Waals surface area contributed by atoms with Crippen molar-refractivity contribution in [2.45, 2.75) is 33.9 Å². The summed E-state index contributed by atoms with van der Waals surface area (Å²) >= 11 is 0. The Morgan fingerprint density at radius 3 is 2.09 bits per heavy atom. The zero-order valence-corrected chi connectivity index (χ0v) is 9.40. The first-order chi connectivity index (χ1) is 4.77. The molecule has 0 rings (SSSR count).